The van der Waals surface area contributed by atoms with Crippen LogP contribution in [0.25, 0.3) is 10.7 Å². The van der Waals surface area contributed by atoms with Gasteiger partial charge in [-0.15, -0.1) is 11.3 Å². The summed E-state index contributed by atoms with van der Waals surface area (Å²) in [5, 5.41) is 5.68. The number of anilines is 1. The maximum absolute atomic E-state index is 6.11. The molecule has 0 saturated heterocycles. The molecule has 0 aliphatic rings. The van der Waals surface area contributed by atoms with E-state index in [-0.39, 0.29) is 0 Å². The van der Waals surface area contributed by atoms with E-state index in [0.29, 0.717) is 29.4 Å². The number of hydrogen-bond acceptors (Lipinski definition) is 6. The summed E-state index contributed by atoms with van der Waals surface area (Å²) in [5.41, 5.74) is 0. The Morgan fingerprint density at radius 2 is 2.16 bits per heavy atom. The molecule has 2 heterocycles. The second-order valence-electron chi connectivity index (χ2n) is 3.72. The zero-order valence-electron chi connectivity index (χ0n) is 10.8. The third kappa shape index (κ3) is 3.54. The Morgan fingerprint density at radius 1 is 1.32 bits per heavy atom. The molecule has 0 amide bonds. The van der Waals surface area contributed by atoms with E-state index in [0.717, 1.165) is 17.8 Å². The molecule has 0 atom stereocenters. The van der Waals surface area contributed by atoms with Crippen LogP contribution in [0.2, 0.25) is 5.02 Å². The standard InChI is InChI=1S/C12H15ClN4OS/c1-3-6-14-11-15-10(9-8(13)5-7-19-9)16-12(17-11)18-4-2/h5,7H,3-4,6H2,1-2H3,(H,14,15,16,17). The average molecular weight is 299 g/mol. The van der Waals surface area contributed by atoms with Crippen LogP contribution >= 0.6 is 22.9 Å². The highest BCUT2D eigenvalue weighted by Gasteiger charge is 2.13. The van der Waals surface area contributed by atoms with Gasteiger partial charge in [-0.1, -0.05) is 18.5 Å². The van der Waals surface area contributed by atoms with Crippen molar-refractivity contribution in [1.82, 2.24) is 15.0 Å². The maximum Gasteiger partial charge on any atom is 0.321 e. The van der Waals surface area contributed by atoms with Gasteiger partial charge >= 0.3 is 6.01 Å². The lowest BCUT2D eigenvalue weighted by Gasteiger charge is -2.07. The van der Waals surface area contributed by atoms with Crippen molar-refractivity contribution in [2.75, 3.05) is 18.5 Å². The number of rotatable bonds is 6. The molecule has 0 bridgehead atoms. The van der Waals surface area contributed by atoms with Crippen LogP contribution in [0.1, 0.15) is 20.3 Å². The van der Waals surface area contributed by atoms with E-state index in [9.17, 15) is 0 Å². The van der Waals surface area contributed by atoms with Crippen molar-refractivity contribution < 1.29 is 4.74 Å². The molecule has 0 spiro atoms. The second kappa shape index (κ2) is 6.68. The summed E-state index contributed by atoms with van der Waals surface area (Å²) >= 11 is 7.60. The van der Waals surface area contributed by atoms with Crippen LogP contribution in [0.5, 0.6) is 6.01 Å². The number of aromatic nitrogens is 3. The summed E-state index contributed by atoms with van der Waals surface area (Å²) < 4.78 is 5.36. The molecular weight excluding hydrogens is 284 g/mol. The van der Waals surface area contributed by atoms with Gasteiger partial charge in [-0.25, -0.2) is 0 Å². The zero-order valence-corrected chi connectivity index (χ0v) is 12.4. The van der Waals surface area contributed by atoms with Gasteiger partial charge in [0.1, 0.15) is 0 Å². The molecule has 2 aromatic rings. The van der Waals surface area contributed by atoms with Gasteiger partial charge in [0.25, 0.3) is 0 Å². The minimum Gasteiger partial charge on any atom is -0.464 e. The molecule has 0 unspecified atom stereocenters. The van der Waals surface area contributed by atoms with E-state index in [4.69, 9.17) is 16.3 Å². The third-order valence-corrected chi connectivity index (χ3v) is 3.58. The van der Waals surface area contributed by atoms with Gasteiger partial charge in [-0.2, -0.15) is 15.0 Å². The Hall–Kier alpha value is -1.40. The normalized spacial score (nSPS) is 10.5. The van der Waals surface area contributed by atoms with Crippen molar-refractivity contribution in [3.8, 4) is 16.7 Å². The van der Waals surface area contributed by atoms with Gasteiger partial charge in [0.15, 0.2) is 5.82 Å². The van der Waals surface area contributed by atoms with E-state index >= 15 is 0 Å². The highest BCUT2D eigenvalue weighted by molar-refractivity contribution is 7.14. The van der Waals surface area contributed by atoms with Gasteiger partial charge in [0.2, 0.25) is 5.95 Å². The van der Waals surface area contributed by atoms with Gasteiger partial charge in [0.05, 0.1) is 16.5 Å². The first-order chi connectivity index (χ1) is 9.24. The fraction of sp³-hybridized carbons (Fsp3) is 0.417. The Balaban J connectivity index is 2.36. The molecule has 5 nitrogen and oxygen atoms in total. The Labute approximate surface area is 121 Å². The molecule has 0 saturated carbocycles. The summed E-state index contributed by atoms with van der Waals surface area (Å²) in [7, 11) is 0. The van der Waals surface area contributed by atoms with Crippen LogP contribution in [0.15, 0.2) is 11.4 Å². The van der Waals surface area contributed by atoms with Crippen molar-refractivity contribution in [3.63, 3.8) is 0 Å². The lowest BCUT2D eigenvalue weighted by Crippen LogP contribution is -2.08. The fourth-order valence-electron chi connectivity index (χ4n) is 1.42. The number of nitrogens with zero attached hydrogens (tertiary/aromatic N) is 3. The number of ether oxygens (including phenoxy) is 1. The highest BCUT2D eigenvalue weighted by atomic mass is 35.5. The van der Waals surface area contributed by atoms with Crippen LogP contribution in [0, 0.1) is 0 Å². The Kier molecular flexibility index (Phi) is 4.93. The Morgan fingerprint density at radius 3 is 2.79 bits per heavy atom. The highest BCUT2D eigenvalue weighted by Crippen LogP contribution is 2.31. The number of halogens is 1. The quantitative estimate of drug-likeness (QED) is 0.885. The average Bonchev–Trinajstić information content (AvgIpc) is 2.83. The summed E-state index contributed by atoms with van der Waals surface area (Å²) in [6, 6.07) is 2.14. The number of thiophene rings is 1. The molecule has 7 heteroatoms. The predicted molar refractivity (Wildman–Crippen MR) is 78.1 cm³/mol. The zero-order chi connectivity index (χ0) is 13.7. The van der Waals surface area contributed by atoms with Crippen molar-refractivity contribution in [2.45, 2.75) is 20.3 Å². The van der Waals surface area contributed by atoms with E-state index < -0.39 is 0 Å². The van der Waals surface area contributed by atoms with Crippen LogP contribution < -0.4 is 10.1 Å². The first kappa shape index (κ1) is 14.0. The molecule has 0 aliphatic carbocycles. The van der Waals surface area contributed by atoms with Gasteiger partial charge in [0, 0.05) is 6.54 Å². The Bertz CT molecular complexity index is 546. The van der Waals surface area contributed by atoms with E-state index in [1.54, 1.807) is 0 Å². The van der Waals surface area contributed by atoms with Crippen molar-refractivity contribution in [2.24, 2.45) is 0 Å². The van der Waals surface area contributed by atoms with Crippen LogP contribution in [0.3, 0.4) is 0 Å². The molecule has 2 rings (SSSR count). The largest absolute Gasteiger partial charge is 0.464 e. The molecule has 102 valence electrons. The molecule has 0 fully saturated rings. The number of nitrogens with one attached hydrogen (secondary N) is 1. The summed E-state index contributed by atoms with van der Waals surface area (Å²) in [4.78, 5) is 13.7. The van der Waals surface area contributed by atoms with E-state index in [1.165, 1.54) is 11.3 Å². The summed E-state index contributed by atoms with van der Waals surface area (Å²) in [5.74, 6) is 1.05. The van der Waals surface area contributed by atoms with Crippen molar-refractivity contribution >= 4 is 28.9 Å². The van der Waals surface area contributed by atoms with Crippen LogP contribution in [-0.4, -0.2) is 28.1 Å². The van der Waals surface area contributed by atoms with E-state index in [2.05, 4.69) is 27.2 Å². The molecule has 2 aromatic heterocycles. The summed E-state index contributed by atoms with van der Waals surface area (Å²) in [6.45, 7) is 5.28. The van der Waals surface area contributed by atoms with Crippen LogP contribution in [-0.2, 0) is 0 Å². The minimum atomic E-state index is 0.315. The topological polar surface area (TPSA) is 59.9 Å². The van der Waals surface area contributed by atoms with E-state index in [1.807, 2.05) is 18.4 Å². The van der Waals surface area contributed by atoms with Crippen LogP contribution in [0.4, 0.5) is 5.95 Å². The third-order valence-electron chi connectivity index (χ3n) is 2.24. The maximum atomic E-state index is 6.11. The minimum absolute atomic E-state index is 0.315. The lowest BCUT2D eigenvalue weighted by molar-refractivity contribution is 0.312. The van der Waals surface area contributed by atoms with Crippen molar-refractivity contribution in [1.29, 1.82) is 0 Å². The molecule has 0 radical (unpaired) electrons. The molecular formula is C12H15ClN4OS. The van der Waals surface area contributed by atoms with Gasteiger partial charge in [-0.3, -0.25) is 0 Å². The molecule has 0 aromatic carbocycles. The summed E-state index contributed by atoms with van der Waals surface area (Å²) in [6.07, 6.45) is 0.991. The van der Waals surface area contributed by atoms with Gasteiger partial charge < -0.3 is 10.1 Å². The predicted octanol–water partition coefficient (Wildman–Crippen LogP) is 3.47. The number of hydrogen-bond donors (Lipinski definition) is 1. The first-order valence-corrected chi connectivity index (χ1v) is 7.36. The smallest absolute Gasteiger partial charge is 0.321 e. The van der Waals surface area contributed by atoms with Gasteiger partial charge in [-0.05, 0) is 24.8 Å². The second-order valence-corrected chi connectivity index (χ2v) is 5.05. The monoisotopic (exact) mass is 298 g/mol. The molecule has 19 heavy (non-hydrogen) atoms. The SMILES string of the molecule is CCCNc1nc(OCC)nc(-c2sccc2Cl)n1. The van der Waals surface area contributed by atoms with Crippen molar-refractivity contribution in [3.05, 3.63) is 16.5 Å². The fourth-order valence-corrected chi connectivity index (χ4v) is 2.49. The first-order valence-electron chi connectivity index (χ1n) is 6.10. The molecule has 0 aliphatic heterocycles. The lowest BCUT2D eigenvalue weighted by atomic mass is 10.4. The molecule has 1 N–H and O–H groups in total.